The van der Waals surface area contributed by atoms with Crippen LogP contribution in [0.2, 0.25) is 0 Å². The molecule has 1 aliphatic rings. The van der Waals surface area contributed by atoms with Gasteiger partial charge in [0.2, 0.25) is 0 Å². The number of carbonyl (C=O) groups is 1. The molecule has 0 unspecified atom stereocenters. The third kappa shape index (κ3) is 5.29. The Labute approximate surface area is 205 Å². The van der Waals surface area contributed by atoms with E-state index in [2.05, 4.69) is 17.1 Å². The van der Waals surface area contributed by atoms with Crippen molar-refractivity contribution in [3.8, 4) is 17.0 Å². The van der Waals surface area contributed by atoms with Crippen molar-refractivity contribution >= 4 is 5.91 Å². The molecule has 9 heteroatoms. The predicted octanol–water partition coefficient (Wildman–Crippen LogP) is 6.01. The van der Waals surface area contributed by atoms with E-state index in [0.717, 1.165) is 37.8 Å². The molecule has 1 N–H and O–H groups in total. The highest BCUT2D eigenvalue weighted by Gasteiger charge is 2.33. The van der Waals surface area contributed by atoms with Crippen molar-refractivity contribution in [3.63, 3.8) is 0 Å². The normalized spacial score (nSPS) is 18.1. The third-order valence-electron chi connectivity index (χ3n) is 6.79. The maximum absolute atomic E-state index is 14.0. The minimum Gasteiger partial charge on any atom is -0.491 e. The van der Waals surface area contributed by atoms with E-state index in [1.807, 2.05) is 18.2 Å². The minimum absolute atomic E-state index is 0.0732. The van der Waals surface area contributed by atoms with Crippen molar-refractivity contribution in [2.75, 3.05) is 14.2 Å². The third-order valence-corrected chi connectivity index (χ3v) is 6.79. The molecule has 0 spiro atoms. The van der Waals surface area contributed by atoms with Crippen molar-refractivity contribution in [3.05, 3.63) is 87.5 Å². The summed E-state index contributed by atoms with van der Waals surface area (Å²) in [5, 5.41) is 0. The zero-order valence-electron chi connectivity index (χ0n) is 19.9. The van der Waals surface area contributed by atoms with E-state index in [1.165, 1.54) is 18.7 Å². The first kappa shape index (κ1) is 25.5. The second kappa shape index (κ2) is 10.2. The molecule has 190 valence electrons. The number of H-pyrrole nitrogens is 1. The minimum atomic E-state index is -4.78. The summed E-state index contributed by atoms with van der Waals surface area (Å²) in [7, 11) is 2.87. The molecule has 4 rings (SSSR count). The maximum Gasteiger partial charge on any atom is 0.416 e. The lowest BCUT2D eigenvalue weighted by atomic mass is 9.81. The molecule has 3 aromatic rings. The second-order valence-electron chi connectivity index (χ2n) is 9.02. The smallest absolute Gasteiger partial charge is 0.416 e. The van der Waals surface area contributed by atoms with Crippen LogP contribution in [0.15, 0.2) is 59.4 Å². The molecule has 1 amide bonds. The number of hydrogen-bond donors (Lipinski definition) is 1. The number of amides is 1. The summed E-state index contributed by atoms with van der Waals surface area (Å²) in [6.07, 6.45) is -1.46. The van der Waals surface area contributed by atoms with Gasteiger partial charge in [-0.05, 0) is 61.4 Å². The summed E-state index contributed by atoms with van der Waals surface area (Å²) < 4.78 is 58.7. The largest absolute Gasteiger partial charge is 0.491 e. The predicted molar refractivity (Wildman–Crippen MR) is 128 cm³/mol. The van der Waals surface area contributed by atoms with Gasteiger partial charge in [0.1, 0.15) is 5.82 Å². The SMILES string of the molecule is COc1c(C(=O)N(C)C2CCC(c3ccccc3)CC2)cc(-c2cc(F)cc(C(F)(F)F)c2)[nH]c1=O. The van der Waals surface area contributed by atoms with Crippen molar-refractivity contribution < 1.29 is 27.1 Å². The van der Waals surface area contributed by atoms with E-state index in [0.29, 0.717) is 12.0 Å². The van der Waals surface area contributed by atoms with Crippen molar-refractivity contribution in [2.45, 2.75) is 43.8 Å². The highest BCUT2D eigenvalue weighted by molar-refractivity contribution is 5.97. The standard InChI is InChI=1S/C27H26F4N2O3/c1-33(21-10-8-17(9-11-21)16-6-4-3-5-7-16)26(35)22-15-23(32-25(34)24(22)36-2)18-12-19(27(29,30)31)14-20(28)13-18/h3-7,12-15,17,21H,8-11H2,1-2H3,(H,32,34). The van der Waals surface area contributed by atoms with Gasteiger partial charge in [-0.2, -0.15) is 13.2 Å². The van der Waals surface area contributed by atoms with Gasteiger partial charge in [0.05, 0.1) is 18.2 Å². The first-order valence-corrected chi connectivity index (χ1v) is 11.6. The summed E-state index contributed by atoms with van der Waals surface area (Å²) in [5.41, 5.74) is -1.15. The number of ether oxygens (including phenoxy) is 1. The van der Waals surface area contributed by atoms with Crippen LogP contribution in [0.1, 0.15) is 53.1 Å². The van der Waals surface area contributed by atoms with Crippen LogP contribution in [0.25, 0.3) is 11.3 Å². The summed E-state index contributed by atoms with van der Waals surface area (Å²) in [6, 6.07) is 13.3. The molecule has 1 aromatic heterocycles. The number of nitrogens with zero attached hydrogens (tertiary/aromatic N) is 1. The van der Waals surface area contributed by atoms with Crippen LogP contribution in [-0.2, 0) is 6.18 Å². The van der Waals surface area contributed by atoms with Crippen LogP contribution < -0.4 is 10.3 Å². The lowest BCUT2D eigenvalue weighted by Crippen LogP contribution is -2.39. The van der Waals surface area contributed by atoms with Crippen LogP contribution in [0, 0.1) is 5.82 Å². The van der Waals surface area contributed by atoms with E-state index in [9.17, 15) is 27.2 Å². The first-order valence-electron chi connectivity index (χ1n) is 11.6. The van der Waals surface area contributed by atoms with Gasteiger partial charge in [-0.15, -0.1) is 0 Å². The zero-order chi connectivity index (χ0) is 26.0. The fourth-order valence-electron chi connectivity index (χ4n) is 4.85. The molecule has 1 aliphatic carbocycles. The number of hydrogen-bond acceptors (Lipinski definition) is 3. The van der Waals surface area contributed by atoms with Gasteiger partial charge in [0.25, 0.3) is 11.5 Å². The lowest BCUT2D eigenvalue weighted by molar-refractivity contribution is -0.137. The van der Waals surface area contributed by atoms with Gasteiger partial charge >= 0.3 is 6.18 Å². The Balaban J connectivity index is 1.61. The number of aromatic amines is 1. The number of alkyl halides is 3. The summed E-state index contributed by atoms with van der Waals surface area (Å²) in [6.45, 7) is 0. The maximum atomic E-state index is 14.0. The fourth-order valence-corrected chi connectivity index (χ4v) is 4.85. The molecule has 1 heterocycles. The van der Waals surface area contributed by atoms with Gasteiger partial charge in [-0.3, -0.25) is 9.59 Å². The van der Waals surface area contributed by atoms with Crippen LogP contribution in [0.5, 0.6) is 5.75 Å². The number of nitrogens with one attached hydrogen (secondary N) is 1. The average Bonchev–Trinajstić information content (AvgIpc) is 2.87. The quantitative estimate of drug-likeness (QED) is 0.435. The van der Waals surface area contributed by atoms with Gasteiger partial charge in [0.15, 0.2) is 5.75 Å². The number of pyridine rings is 1. The number of benzene rings is 2. The summed E-state index contributed by atoms with van der Waals surface area (Å²) >= 11 is 0. The Morgan fingerprint density at radius 3 is 2.31 bits per heavy atom. The van der Waals surface area contributed by atoms with Crippen LogP contribution in [0.4, 0.5) is 17.6 Å². The molecular weight excluding hydrogens is 476 g/mol. The van der Waals surface area contributed by atoms with Crippen LogP contribution in [0.3, 0.4) is 0 Å². The lowest BCUT2D eigenvalue weighted by Gasteiger charge is -2.35. The molecule has 0 saturated heterocycles. The molecular formula is C27H26F4N2O3. The van der Waals surface area contributed by atoms with Gasteiger partial charge in [-0.25, -0.2) is 4.39 Å². The highest BCUT2D eigenvalue weighted by atomic mass is 19.4. The Morgan fingerprint density at radius 2 is 1.69 bits per heavy atom. The Hall–Kier alpha value is -3.62. The van der Waals surface area contributed by atoms with Gasteiger partial charge in [-0.1, -0.05) is 30.3 Å². The second-order valence-corrected chi connectivity index (χ2v) is 9.02. The molecule has 1 saturated carbocycles. The summed E-state index contributed by atoms with van der Waals surface area (Å²) in [5.74, 6) is -1.45. The van der Waals surface area contributed by atoms with Crippen molar-refractivity contribution in [1.29, 1.82) is 0 Å². The number of methoxy groups -OCH3 is 1. The molecule has 0 atom stereocenters. The van der Waals surface area contributed by atoms with Crippen LogP contribution >= 0.6 is 0 Å². The van der Waals surface area contributed by atoms with Crippen molar-refractivity contribution in [1.82, 2.24) is 9.88 Å². The average molecular weight is 503 g/mol. The Bertz CT molecular complexity index is 1300. The van der Waals surface area contributed by atoms with E-state index in [4.69, 9.17) is 4.74 Å². The fraction of sp³-hybridized carbons (Fsp3) is 0.333. The number of aromatic nitrogens is 1. The van der Waals surface area contributed by atoms with E-state index < -0.39 is 29.0 Å². The Morgan fingerprint density at radius 1 is 1.03 bits per heavy atom. The van der Waals surface area contributed by atoms with E-state index >= 15 is 0 Å². The number of carbonyl (C=O) groups excluding carboxylic acids is 1. The molecule has 36 heavy (non-hydrogen) atoms. The molecule has 0 radical (unpaired) electrons. The summed E-state index contributed by atoms with van der Waals surface area (Å²) in [4.78, 5) is 30.1. The van der Waals surface area contributed by atoms with E-state index in [-0.39, 0.29) is 28.6 Å². The van der Waals surface area contributed by atoms with E-state index in [1.54, 1.807) is 11.9 Å². The number of rotatable bonds is 5. The highest BCUT2D eigenvalue weighted by Crippen LogP contribution is 2.36. The Kier molecular flexibility index (Phi) is 7.19. The van der Waals surface area contributed by atoms with Gasteiger partial charge < -0.3 is 14.6 Å². The topological polar surface area (TPSA) is 62.4 Å². The van der Waals surface area contributed by atoms with Crippen LogP contribution in [-0.4, -0.2) is 36.0 Å². The molecule has 1 fully saturated rings. The molecule has 5 nitrogen and oxygen atoms in total. The zero-order valence-corrected chi connectivity index (χ0v) is 19.9. The van der Waals surface area contributed by atoms with Crippen molar-refractivity contribution in [2.24, 2.45) is 0 Å². The van der Waals surface area contributed by atoms with Gasteiger partial charge in [0, 0.05) is 24.3 Å². The monoisotopic (exact) mass is 502 g/mol. The number of halogens is 4. The first-order chi connectivity index (χ1) is 17.1. The molecule has 0 aliphatic heterocycles. The molecule has 2 aromatic carbocycles. The molecule has 0 bridgehead atoms.